The van der Waals surface area contributed by atoms with Crippen LogP contribution in [-0.4, -0.2) is 11.6 Å². The molecular weight excluding hydrogens is 601 g/mol. The van der Waals surface area contributed by atoms with Gasteiger partial charge < -0.3 is 17.3 Å². The van der Waals surface area contributed by atoms with Crippen molar-refractivity contribution in [1.82, 2.24) is 4.57 Å². The number of rotatable bonds is 4. The Kier molecular flexibility index (Phi) is 7.79. The number of benzene rings is 1. The third-order valence-electron chi connectivity index (χ3n) is 5.13. The van der Waals surface area contributed by atoms with E-state index in [0.29, 0.717) is 11.6 Å². The van der Waals surface area contributed by atoms with Gasteiger partial charge in [0.25, 0.3) is 10.6 Å². The topological polar surface area (TPSA) is 29.1 Å². The van der Waals surface area contributed by atoms with Crippen molar-refractivity contribution in [3.63, 3.8) is 0 Å². The van der Waals surface area contributed by atoms with Crippen molar-refractivity contribution in [1.29, 1.82) is 0 Å². The standard InChI is InChI=1S/C22H18BrClN3OS4.ClH/c1-3-27-19(11-18-26(8-9-29-18)12-14-5-7-17(23)30-14)32-20(21(27)28)22-25(2)15-6-4-13(24)10-16(15)31-22;/h4-11H,3,12H2,1-2H3;1H/q+1;/p-1/b22-20+;. The summed E-state index contributed by atoms with van der Waals surface area (Å²) in [6.45, 7) is 3.46. The molecule has 0 fully saturated rings. The number of anilines is 1. The zero-order valence-corrected chi connectivity index (χ0v) is 23.9. The molecule has 1 aliphatic rings. The Labute approximate surface area is 227 Å². The molecule has 1 aromatic carbocycles. The molecule has 11 heteroatoms. The molecule has 172 valence electrons. The summed E-state index contributed by atoms with van der Waals surface area (Å²) in [6.07, 6.45) is 4.24. The average molecular weight is 619 g/mol. The molecule has 4 heterocycles. The molecule has 33 heavy (non-hydrogen) atoms. The molecule has 0 N–H and O–H groups in total. The van der Waals surface area contributed by atoms with Crippen LogP contribution in [0.5, 0.6) is 0 Å². The fraction of sp³-hybridized carbons (Fsp3) is 0.182. The predicted octanol–water partition coefficient (Wildman–Crippen LogP) is 1.94. The normalized spacial score (nSPS) is 15.2. The number of thiazole rings is 2. The van der Waals surface area contributed by atoms with Crippen molar-refractivity contribution in [3.8, 4) is 0 Å². The van der Waals surface area contributed by atoms with Gasteiger partial charge in [-0.05, 0) is 53.2 Å². The molecule has 0 saturated carbocycles. The van der Waals surface area contributed by atoms with Gasteiger partial charge >= 0.3 is 0 Å². The summed E-state index contributed by atoms with van der Waals surface area (Å²) in [5, 5.41) is 4.88. The Morgan fingerprint density at radius 1 is 1.21 bits per heavy atom. The summed E-state index contributed by atoms with van der Waals surface area (Å²) in [7, 11) is 2.01. The zero-order valence-electron chi connectivity index (χ0n) is 17.5. The third kappa shape index (κ3) is 4.87. The van der Waals surface area contributed by atoms with E-state index < -0.39 is 0 Å². The molecule has 4 aromatic rings. The Morgan fingerprint density at radius 2 is 2.03 bits per heavy atom. The Morgan fingerprint density at radius 3 is 2.76 bits per heavy atom. The van der Waals surface area contributed by atoms with E-state index in [4.69, 9.17) is 11.6 Å². The SMILES string of the molecule is CCn1c(=O)/c(=C2\Sc3cc(Cl)ccc3N2C)s/c1=C\c1scc[n+]1Cc1ccc(Br)s1.[Cl-]. The van der Waals surface area contributed by atoms with Gasteiger partial charge in [-0.3, -0.25) is 9.36 Å². The minimum Gasteiger partial charge on any atom is -1.00 e. The number of aromatic nitrogens is 2. The van der Waals surface area contributed by atoms with E-state index in [9.17, 15) is 4.79 Å². The lowest BCUT2D eigenvalue weighted by Crippen LogP contribution is -3.00. The van der Waals surface area contributed by atoms with E-state index in [0.717, 1.165) is 40.1 Å². The number of halogens is 3. The van der Waals surface area contributed by atoms with Crippen molar-refractivity contribution in [2.45, 2.75) is 24.9 Å². The molecule has 5 rings (SSSR count). The minimum absolute atomic E-state index is 0. The second-order valence-electron chi connectivity index (χ2n) is 7.12. The highest BCUT2D eigenvalue weighted by Gasteiger charge is 2.25. The monoisotopic (exact) mass is 617 g/mol. The first-order chi connectivity index (χ1) is 15.4. The molecule has 0 unspecified atom stereocenters. The zero-order chi connectivity index (χ0) is 22.4. The fourth-order valence-corrected chi connectivity index (χ4v) is 8.64. The number of hydrogen-bond acceptors (Lipinski definition) is 6. The summed E-state index contributed by atoms with van der Waals surface area (Å²) < 4.78 is 6.96. The molecule has 0 bridgehead atoms. The van der Waals surface area contributed by atoms with Crippen LogP contribution in [0.15, 0.2) is 55.4 Å². The van der Waals surface area contributed by atoms with Crippen molar-refractivity contribution < 1.29 is 17.0 Å². The fourth-order valence-electron chi connectivity index (χ4n) is 3.57. The molecule has 0 spiro atoms. The first-order valence-electron chi connectivity index (χ1n) is 9.82. The summed E-state index contributed by atoms with van der Waals surface area (Å²) in [5.41, 5.74) is 1.14. The molecule has 3 aromatic heterocycles. The second kappa shape index (κ2) is 10.3. The molecule has 4 nitrogen and oxygen atoms in total. The minimum atomic E-state index is 0. The van der Waals surface area contributed by atoms with Crippen LogP contribution >= 0.6 is 73.3 Å². The van der Waals surface area contributed by atoms with E-state index in [1.165, 1.54) is 4.88 Å². The van der Waals surface area contributed by atoms with Gasteiger partial charge in [-0.2, -0.15) is 4.57 Å². The van der Waals surface area contributed by atoms with E-state index in [2.05, 4.69) is 55.2 Å². The van der Waals surface area contributed by atoms with Crippen molar-refractivity contribution in [2.24, 2.45) is 0 Å². The van der Waals surface area contributed by atoms with Crippen molar-refractivity contribution >= 4 is 90.1 Å². The molecule has 0 atom stereocenters. The molecule has 1 aliphatic heterocycles. The molecular formula is C22H18BrCl2N3OS4. The average Bonchev–Trinajstić information content (AvgIpc) is 3.51. The van der Waals surface area contributed by atoms with Gasteiger partial charge in [0.15, 0.2) is 12.7 Å². The van der Waals surface area contributed by atoms with E-state index in [1.54, 1.807) is 45.8 Å². The Balaban J connectivity index is 0.00000259. The van der Waals surface area contributed by atoms with Gasteiger partial charge in [-0.15, -0.1) is 22.7 Å². The highest BCUT2D eigenvalue weighted by molar-refractivity contribution is 9.11. The molecule has 0 amide bonds. The maximum Gasteiger partial charge on any atom is 0.271 e. The van der Waals surface area contributed by atoms with Gasteiger partial charge in [0.1, 0.15) is 14.2 Å². The first kappa shape index (κ1) is 25.0. The largest absolute Gasteiger partial charge is 1.00 e. The maximum atomic E-state index is 13.3. The molecule has 0 aliphatic carbocycles. The number of thiophene rings is 1. The predicted molar refractivity (Wildman–Crippen MR) is 142 cm³/mol. The van der Waals surface area contributed by atoms with Gasteiger partial charge in [-0.1, -0.05) is 34.7 Å². The summed E-state index contributed by atoms with van der Waals surface area (Å²) in [5.74, 6) is 0. The molecule has 0 saturated heterocycles. The summed E-state index contributed by atoms with van der Waals surface area (Å²) >= 11 is 16.3. The highest BCUT2D eigenvalue weighted by atomic mass is 79.9. The van der Waals surface area contributed by atoms with Crippen molar-refractivity contribution in [3.05, 3.63) is 80.2 Å². The highest BCUT2D eigenvalue weighted by Crippen LogP contribution is 2.46. The van der Waals surface area contributed by atoms with Crippen LogP contribution in [0.1, 0.15) is 16.8 Å². The van der Waals surface area contributed by atoms with E-state index >= 15 is 0 Å². The van der Waals surface area contributed by atoms with Gasteiger partial charge in [0.05, 0.1) is 25.8 Å². The quantitative estimate of drug-likeness (QED) is 0.328. The smallest absolute Gasteiger partial charge is 0.271 e. The number of hydrogen-bond donors (Lipinski definition) is 0. The lowest BCUT2D eigenvalue weighted by Gasteiger charge is -2.12. The maximum absolute atomic E-state index is 13.3. The number of thioether (sulfide) groups is 1. The Bertz CT molecular complexity index is 1500. The van der Waals surface area contributed by atoms with Crippen LogP contribution in [0.2, 0.25) is 5.02 Å². The van der Waals surface area contributed by atoms with E-state index in [1.807, 2.05) is 36.7 Å². The molecule has 0 radical (unpaired) electrons. The van der Waals surface area contributed by atoms with Crippen LogP contribution in [-0.2, 0) is 13.1 Å². The number of fused-ring (bicyclic) bond motifs is 1. The van der Waals surface area contributed by atoms with Gasteiger partial charge in [0.2, 0.25) is 0 Å². The van der Waals surface area contributed by atoms with Crippen LogP contribution < -0.4 is 36.6 Å². The summed E-state index contributed by atoms with van der Waals surface area (Å²) in [6, 6.07) is 10.1. The van der Waals surface area contributed by atoms with Gasteiger partial charge in [0, 0.05) is 23.5 Å². The van der Waals surface area contributed by atoms with Crippen LogP contribution in [0.25, 0.3) is 11.1 Å². The van der Waals surface area contributed by atoms with Crippen LogP contribution in [0.3, 0.4) is 0 Å². The lowest BCUT2D eigenvalue weighted by atomic mass is 10.3. The second-order valence-corrected chi connectivity index (χ2v) is 13.1. The van der Waals surface area contributed by atoms with Crippen molar-refractivity contribution in [2.75, 3.05) is 11.9 Å². The Hall–Kier alpha value is -1.07. The lowest BCUT2D eigenvalue weighted by molar-refractivity contribution is -0.684. The van der Waals surface area contributed by atoms with Crippen LogP contribution in [0.4, 0.5) is 5.69 Å². The summed E-state index contributed by atoms with van der Waals surface area (Å²) in [4.78, 5) is 17.8. The third-order valence-corrected chi connectivity index (χ3v) is 10.3. The van der Waals surface area contributed by atoms with Crippen LogP contribution in [0, 0.1) is 0 Å². The van der Waals surface area contributed by atoms with Gasteiger partial charge in [-0.25, -0.2) is 0 Å². The number of nitrogens with zero attached hydrogens (tertiary/aromatic N) is 3. The first-order valence-corrected chi connectivity index (χ1v) is 14.3. The van der Waals surface area contributed by atoms with E-state index in [-0.39, 0.29) is 18.0 Å².